The molecule has 0 heterocycles. The van der Waals surface area contributed by atoms with E-state index < -0.39 is 0 Å². The van der Waals surface area contributed by atoms with Crippen molar-refractivity contribution in [2.45, 2.75) is 38.0 Å². The molecule has 0 saturated heterocycles. The second-order valence-corrected chi connectivity index (χ2v) is 7.52. The molecule has 27 heavy (non-hydrogen) atoms. The number of hydrogen-bond acceptors (Lipinski definition) is 4. The largest absolute Gasteiger partial charge is 0.456 e. The zero-order valence-electron chi connectivity index (χ0n) is 15.6. The molecule has 0 unspecified atom stereocenters. The first-order chi connectivity index (χ1) is 13.0. The number of thioether (sulfide) groups is 1. The molecule has 6 heteroatoms. The van der Waals surface area contributed by atoms with Crippen LogP contribution in [0.25, 0.3) is 0 Å². The minimum Gasteiger partial charge on any atom is -0.456 e. The van der Waals surface area contributed by atoms with Crippen LogP contribution in [0.3, 0.4) is 0 Å². The summed E-state index contributed by atoms with van der Waals surface area (Å²) in [6, 6.07) is 13.4. The van der Waals surface area contributed by atoms with Crippen molar-refractivity contribution >= 4 is 40.9 Å². The smallest absolute Gasteiger partial charge is 0.307 e. The summed E-state index contributed by atoms with van der Waals surface area (Å²) in [4.78, 5) is 25.1. The van der Waals surface area contributed by atoms with Gasteiger partial charge in [0.25, 0.3) is 5.91 Å². The second kappa shape index (κ2) is 11.0. The van der Waals surface area contributed by atoms with E-state index >= 15 is 0 Å². The Balaban J connectivity index is 1.76. The van der Waals surface area contributed by atoms with Crippen LogP contribution in [0.2, 0.25) is 5.02 Å². The number of carbonyl (C=O) groups excluding carboxylic acids is 2. The first-order valence-corrected chi connectivity index (χ1v) is 10.3. The minimum atomic E-state index is -0.383. The first-order valence-electron chi connectivity index (χ1n) is 8.98. The van der Waals surface area contributed by atoms with Gasteiger partial charge in [-0.3, -0.25) is 9.59 Å². The lowest BCUT2D eigenvalue weighted by Gasteiger charge is -2.14. The third kappa shape index (κ3) is 6.92. The zero-order chi connectivity index (χ0) is 19.6. The Kier molecular flexibility index (Phi) is 8.69. The predicted molar refractivity (Wildman–Crippen MR) is 112 cm³/mol. The van der Waals surface area contributed by atoms with Gasteiger partial charge < -0.3 is 10.1 Å². The lowest BCUT2D eigenvalue weighted by molar-refractivity contribution is -0.146. The summed E-state index contributed by atoms with van der Waals surface area (Å²) in [5, 5.41) is 3.57. The monoisotopic (exact) mass is 405 g/mol. The van der Waals surface area contributed by atoms with Crippen molar-refractivity contribution < 1.29 is 14.3 Å². The van der Waals surface area contributed by atoms with Crippen molar-refractivity contribution in [3.8, 4) is 0 Å². The van der Waals surface area contributed by atoms with Crippen molar-refractivity contribution in [3.63, 3.8) is 0 Å². The van der Waals surface area contributed by atoms with Gasteiger partial charge in [0.05, 0.1) is 6.42 Å². The molecule has 1 amide bonds. The predicted octanol–water partition coefficient (Wildman–Crippen LogP) is 5.13. The summed E-state index contributed by atoms with van der Waals surface area (Å²) >= 11 is 7.39. The number of anilines is 1. The van der Waals surface area contributed by atoms with Gasteiger partial charge in [-0.1, -0.05) is 43.6 Å². The molecule has 0 atom stereocenters. The first kappa shape index (κ1) is 21.3. The number of aryl methyl sites for hydroxylation is 2. The number of halogens is 1. The topological polar surface area (TPSA) is 55.4 Å². The van der Waals surface area contributed by atoms with Crippen LogP contribution in [-0.4, -0.2) is 24.2 Å². The molecule has 0 saturated carbocycles. The summed E-state index contributed by atoms with van der Waals surface area (Å²) in [7, 11) is 0. The number of rotatable bonds is 9. The third-order valence-electron chi connectivity index (χ3n) is 4.02. The second-order valence-electron chi connectivity index (χ2n) is 5.92. The Morgan fingerprint density at radius 1 is 1.04 bits per heavy atom. The van der Waals surface area contributed by atoms with Crippen molar-refractivity contribution in [1.29, 1.82) is 0 Å². The molecule has 4 nitrogen and oxygen atoms in total. The van der Waals surface area contributed by atoms with Gasteiger partial charge in [-0.15, -0.1) is 11.8 Å². The number of amides is 1. The van der Waals surface area contributed by atoms with Gasteiger partial charge in [0.15, 0.2) is 6.61 Å². The summed E-state index contributed by atoms with van der Waals surface area (Å²) < 4.78 is 5.09. The highest BCUT2D eigenvalue weighted by Gasteiger charge is 2.12. The maximum atomic E-state index is 12.2. The molecule has 144 valence electrons. The van der Waals surface area contributed by atoms with Crippen LogP contribution in [0.4, 0.5) is 5.69 Å². The summed E-state index contributed by atoms with van der Waals surface area (Å²) in [6.07, 6.45) is 1.89. The molecule has 2 aromatic rings. The van der Waals surface area contributed by atoms with E-state index in [-0.39, 0.29) is 24.9 Å². The number of carbonyl (C=O) groups is 2. The highest BCUT2D eigenvalue weighted by Crippen LogP contribution is 2.23. The average Bonchev–Trinajstić information content (AvgIpc) is 2.68. The number of benzene rings is 2. The lowest BCUT2D eigenvalue weighted by atomic mass is 10.0. The Morgan fingerprint density at radius 3 is 2.26 bits per heavy atom. The molecule has 0 aliphatic rings. The van der Waals surface area contributed by atoms with E-state index in [2.05, 4.69) is 5.32 Å². The molecule has 0 spiro atoms. The molecule has 2 aromatic carbocycles. The minimum absolute atomic E-state index is 0.242. The van der Waals surface area contributed by atoms with Crippen LogP contribution >= 0.6 is 23.4 Å². The van der Waals surface area contributed by atoms with Gasteiger partial charge in [-0.05, 0) is 48.2 Å². The third-order valence-corrected chi connectivity index (χ3v) is 5.28. The Labute approximate surface area is 169 Å². The van der Waals surface area contributed by atoms with Gasteiger partial charge in [-0.2, -0.15) is 0 Å². The average molecular weight is 406 g/mol. The SMILES string of the molecule is CCc1cccc(CC)c1NC(=O)COC(=O)CCSc1ccc(Cl)cc1. The van der Waals surface area contributed by atoms with Gasteiger partial charge in [-0.25, -0.2) is 0 Å². The highest BCUT2D eigenvalue weighted by molar-refractivity contribution is 7.99. The van der Waals surface area contributed by atoms with Crippen molar-refractivity contribution in [3.05, 3.63) is 58.6 Å². The summed E-state index contributed by atoms with van der Waals surface area (Å²) in [6.45, 7) is 3.82. The lowest BCUT2D eigenvalue weighted by Crippen LogP contribution is -2.22. The molecule has 0 fully saturated rings. The number of ether oxygens (including phenoxy) is 1. The quantitative estimate of drug-likeness (QED) is 0.464. The van der Waals surface area contributed by atoms with Gasteiger partial charge in [0, 0.05) is 21.4 Å². The van der Waals surface area contributed by atoms with E-state index in [0.717, 1.165) is 34.6 Å². The standard InChI is InChI=1S/C21H24ClNO3S/c1-3-15-6-5-7-16(4-2)21(15)23-19(24)14-26-20(25)12-13-27-18-10-8-17(22)9-11-18/h5-11H,3-4,12-14H2,1-2H3,(H,23,24). The maximum absolute atomic E-state index is 12.2. The zero-order valence-corrected chi connectivity index (χ0v) is 17.2. The fraction of sp³-hybridized carbons (Fsp3) is 0.333. The Morgan fingerprint density at radius 2 is 1.67 bits per heavy atom. The van der Waals surface area contributed by atoms with Crippen LogP contribution < -0.4 is 5.32 Å². The van der Waals surface area contributed by atoms with E-state index in [1.165, 1.54) is 0 Å². The van der Waals surface area contributed by atoms with E-state index in [9.17, 15) is 9.59 Å². The Hall–Kier alpha value is -1.98. The molecule has 0 aliphatic carbocycles. The number of hydrogen-bond donors (Lipinski definition) is 1. The normalized spacial score (nSPS) is 10.5. The number of para-hydroxylation sites is 1. The number of nitrogens with one attached hydrogen (secondary N) is 1. The Bertz CT molecular complexity index is 755. The molecular weight excluding hydrogens is 382 g/mol. The van der Waals surface area contributed by atoms with E-state index in [0.29, 0.717) is 10.8 Å². The number of esters is 1. The van der Waals surface area contributed by atoms with E-state index in [1.807, 2.05) is 56.3 Å². The molecular formula is C21H24ClNO3S. The molecule has 0 radical (unpaired) electrons. The van der Waals surface area contributed by atoms with Crippen LogP contribution in [0.15, 0.2) is 47.4 Å². The van der Waals surface area contributed by atoms with Crippen LogP contribution in [-0.2, 0) is 27.2 Å². The van der Waals surface area contributed by atoms with Gasteiger partial charge >= 0.3 is 5.97 Å². The van der Waals surface area contributed by atoms with Crippen molar-refractivity contribution in [2.75, 3.05) is 17.7 Å². The van der Waals surface area contributed by atoms with E-state index in [1.54, 1.807) is 11.8 Å². The molecule has 2 rings (SSSR count). The summed E-state index contributed by atoms with van der Waals surface area (Å²) in [5.74, 6) is -0.115. The van der Waals surface area contributed by atoms with Crippen molar-refractivity contribution in [2.24, 2.45) is 0 Å². The fourth-order valence-electron chi connectivity index (χ4n) is 2.58. The van der Waals surface area contributed by atoms with Crippen LogP contribution in [0, 0.1) is 0 Å². The molecule has 0 bridgehead atoms. The molecule has 0 aromatic heterocycles. The molecule has 0 aliphatic heterocycles. The fourth-order valence-corrected chi connectivity index (χ4v) is 3.54. The summed E-state index contributed by atoms with van der Waals surface area (Å²) in [5.41, 5.74) is 2.99. The van der Waals surface area contributed by atoms with Crippen LogP contribution in [0.5, 0.6) is 0 Å². The van der Waals surface area contributed by atoms with Gasteiger partial charge in [0.2, 0.25) is 0 Å². The maximum Gasteiger partial charge on any atom is 0.307 e. The van der Waals surface area contributed by atoms with E-state index in [4.69, 9.17) is 16.3 Å². The van der Waals surface area contributed by atoms with Gasteiger partial charge in [0.1, 0.15) is 0 Å². The highest BCUT2D eigenvalue weighted by atomic mass is 35.5. The van der Waals surface area contributed by atoms with Crippen LogP contribution in [0.1, 0.15) is 31.4 Å². The molecule has 1 N–H and O–H groups in total. The van der Waals surface area contributed by atoms with Crippen molar-refractivity contribution in [1.82, 2.24) is 0 Å².